The number of hydrogen-bond acceptors (Lipinski definition) is 0. The second-order valence-corrected chi connectivity index (χ2v) is 0. The maximum Gasteiger partial charge on any atom is 3.00 e. The van der Waals surface area contributed by atoms with Crippen molar-refractivity contribution < 1.29 is 35.0 Å². The predicted octanol–water partition coefficient (Wildman–Crippen LogP) is 2.04. The van der Waals surface area contributed by atoms with Crippen LogP contribution in [0.1, 0.15) is 0 Å². The monoisotopic (exact) mass is 230 g/mol. The smallest absolute Gasteiger partial charge is 0.693 e. The molecule has 0 aromatic rings. The summed E-state index contributed by atoms with van der Waals surface area (Å²) in [6.07, 6.45) is 0. The van der Waals surface area contributed by atoms with Gasteiger partial charge in [0.25, 0.3) is 0 Å². The SMILES string of the molecule is [C-]#[O+].[C-]#[O+].[C-]#[O+].[Mo+3].[NH2-].[NH2-].[NH2-]. The second kappa shape index (κ2) is 11900. The van der Waals surface area contributed by atoms with E-state index in [-0.39, 0.29) is 39.5 Å². The van der Waals surface area contributed by atoms with E-state index < -0.39 is 0 Å². The van der Waals surface area contributed by atoms with Crippen molar-refractivity contribution in [1.82, 2.24) is 0 Å². The molecule has 0 aromatic carbocycles. The Balaban J connectivity index is -0.00000000225. The largest absolute Gasteiger partial charge is 3.00 e. The Bertz CT molecular complexity index is 47.5. The van der Waals surface area contributed by atoms with Crippen LogP contribution >= 0.6 is 0 Å². The molecule has 0 heterocycles. The molecule has 57 valence electrons. The standard InChI is InChI=1S/3CO.Mo.3H2N/c3*1-2;;;;/h;;;;3*1H2/q;;;+3;3*-1. The number of hydrogen-bond donors (Lipinski definition) is 0. The van der Waals surface area contributed by atoms with Gasteiger partial charge in [0.1, 0.15) is 0 Å². The summed E-state index contributed by atoms with van der Waals surface area (Å²) in [5, 5.41) is 0. The summed E-state index contributed by atoms with van der Waals surface area (Å²) in [4.78, 5) is 0. The number of rotatable bonds is 0. The fourth-order valence-electron chi connectivity index (χ4n) is 0. The van der Waals surface area contributed by atoms with Crippen LogP contribution in [0.25, 0.3) is 18.5 Å². The molecule has 0 unspecified atom stereocenters. The molecule has 7 heteroatoms. The first-order chi connectivity index (χ1) is 3.00. The van der Waals surface area contributed by atoms with Gasteiger partial charge in [-0.15, -0.1) is 0 Å². The van der Waals surface area contributed by atoms with Crippen molar-refractivity contribution in [3.05, 3.63) is 38.4 Å². The molecule has 0 bridgehead atoms. The molecule has 0 amide bonds. The van der Waals surface area contributed by atoms with Crippen LogP contribution < -0.4 is 0 Å². The minimum absolute atomic E-state index is 0. The average Bonchev–Trinajstić information content (AvgIpc) is 1.81. The van der Waals surface area contributed by atoms with Gasteiger partial charge in [0.05, 0.1) is 0 Å². The van der Waals surface area contributed by atoms with Gasteiger partial charge in [-0.2, -0.15) is 0 Å². The summed E-state index contributed by atoms with van der Waals surface area (Å²) in [5.74, 6) is 0. The van der Waals surface area contributed by atoms with Gasteiger partial charge in [0.2, 0.25) is 0 Å². The van der Waals surface area contributed by atoms with Crippen LogP contribution in [-0.4, -0.2) is 0 Å². The molecule has 6 nitrogen and oxygen atoms in total. The molecule has 10 heavy (non-hydrogen) atoms. The van der Waals surface area contributed by atoms with Crippen LogP contribution in [0.2, 0.25) is 0 Å². The zero-order chi connectivity index (χ0) is 6.00. The van der Waals surface area contributed by atoms with Crippen LogP contribution in [0.5, 0.6) is 0 Å². The average molecular weight is 228 g/mol. The van der Waals surface area contributed by atoms with Gasteiger partial charge >= 0.3 is 55.0 Å². The van der Waals surface area contributed by atoms with Gasteiger partial charge < -0.3 is 18.5 Å². The molecule has 0 saturated carbocycles. The molecular formula is C3H6MoN3O3. The van der Waals surface area contributed by atoms with Crippen molar-refractivity contribution in [2.45, 2.75) is 0 Å². The molecule has 0 aliphatic heterocycles. The zero-order valence-corrected chi connectivity index (χ0v) is 6.87. The maximum atomic E-state index is 7.50. The van der Waals surface area contributed by atoms with Crippen LogP contribution in [0.4, 0.5) is 0 Å². The topological polar surface area (TPSA) is 160 Å². The van der Waals surface area contributed by atoms with E-state index in [9.17, 15) is 0 Å². The van der Waals surface area contributed by atoms with E-state index in [1.165, 1.54) is 0 Å². The minimum atomic E-state index is 0. The summed E-state index contributed by atoms with van der Waals surface area (Å²) in [5.41, 5.74) is 0. The van der Waals surface area contributed by atoms with Crippen LogP contribution in [0.3, 0.4) is 0 Å². The van der Waals surface area contributed by atoms with Gasteiger partial charge in [-0.3, -0.25) is 0 Å². The molecule has 0 aliphatic rings. The molecular weight excluding hydrogens is 222 g/mol. The molecule has 0 saturated heterocycles. The Hall–Kier alpha value is -0.212. The summed E-state index contributed by atoms with van der Waals surface area (Å²) < 4.78 is 22.5. The van der Waals surface area contributed by atoms with E-state index in [2.05, 4.69) is 20.0 Å². The van der Waals surface area contributed by atoms with Gasteiger partial charge in [0, 0.05) is 0 Å². The van der Waals surface area contributed by atoms with E-state index in [4.69, 9.17) is 14.0 Å². The Labute approximate surface area is 73.9 Å². The molecule has 0 aliphatic carbocycles. The summed E-state index contributed by atoms with van der Waals surface area (Å²) in [7, 11) is 0. The molecule has 6 N–H and O–H groups in total. The molecule has 0 atom stereocenters. The third-order valence-electron chi connectivity index (χ3n) is 0. The van der Waals surface area contributed by atoms with Gasteiger partial charge in [0.15, 0.2) is 0 Å². The summed E-state index contributed by atoms with van der Waals surface area (Å²) in [6.45, 7) is 13.5. The van der Waals surface area contributed by atoms with Crippen molar-refractivity contribution >= 4 is 0 Å². The van der Waals surface area contributed by atoms with Gasteiger partial charge in [-0.05, 0) is 0 Å². The van der Waals surface area contributed by atoms with E-state index in [1.54, 1.807) is 0 Å². The first-order valence-corrected chi connectivity index (χ1v) is 0.612. The normalized spacial score (nSPS) is 0.600. The molecule has 1 radical (unpaired) electrons. The van der Waals surface area contributed by atoms with Crippen molar-refractivity contribution in [1.29, 1.82) is 0 Å². The van der Waals surface area contributed by atoms with Crippen molar-refractivity contribution in [3.8, 4) is 0 Å². The van der Waals surface area contributed by atoms with Gasteiger partial charge in [-0.25, -0.2) is 0 Å². The molecule has 0 fully saturated rings. The Morgan fingerprint density at radius 1 is 0.500 bits per heavy atom. The third kappa shape index (κ3) is 8010. The molecule has 0 rings (SSSR count). The first kappa shape index (κ1) is 97.2. The van der Waals surface area contributed by atoms with Crippen LogP contribution in [0, 0.1) is 20.0 Å². The van der Waals surface area contributed by atoms with E-state index in [1.807, 2.05) is 0 Å². The van der Waals surface area contributed by atoms with Crippen LogP contribution in [0.15, 0.2) is 0 Å². The first-order valence-electron chi connectivity index (χ1n) is 0.612. The Kier molecular flexibility index (Phi) is 116000. The van der Waals surface area contributed by atoms with Crippen LogP contribution in [-0.2, 0) is 35.0 Å². The maximum absolute atomic E-state index is 7.50. The Morgan fingerprint density at radius 3 is 0.500 bits per heavy atom. The van der Waals surface area contributed by atoms with E-state index >= 15 is 0 Å². The molecule has 0 spiro atoms. The Morgan fingerprint density at radius 2 is 0.500 bits per heavy atom. The quantitative estimate of drug-likeness (QED) is 0.337. The third-order valence-corrected chi connectivity index (χ3v) is 0. The predicted molar refractivity (Wildman–Crippen MR) is 27.6 cm³/mol. The second-order valence-electron chi connectivity index (χ2n) is 0. The summed E-state index contributed by atoms with van der Waals surface area (Å²) >= 11 is 0. The number of nitrogens with two attached hydrogens (primary N) is 3. The minimum Gasteiger partial charge on any atom is -0.693 e. The van der Waals surface area contributed by atoms with Crippen molar-refractivity contribution in [2.75, 3.05) is 0 Å². The zero-order valence-electron chi connectivity index (χ0n) is 4.87. The van der Waals surface area contributed by atoms with Gasteiger partial charge in [-0.1, -0.05) is 0 Å². The summed E-state index contributed by atoms with van der Waals surface area (Å²) in [6, 6.07) is 0. The fraction of sp³-hybridized carbons (Fsp3) is 0. The fourth-order valence-corrected chi connectivity index (χ4v) is 0. The van der Waals surface area contributed by atoms with E-state index in [0.29, 0.717) is 0 Å². The molecule has 0 aromatic heterocycles. The van der Waals surface area contributed by atoms with E-state index in [0.717, 1.165) is 0 Å². The van der Waals surface area contributed by atoms with Crippen molar-refractivity contribution in [2.24, 2.45) is 0 Å². The van der Waals surface area contributed by atoms with Crippen molar-refractivity contribution in [3.63, 3.8) is 0 Å².